The highest BCUT2D eigenvalue weighted by molar-refractivity contribution is 6.47. The molecule has 2 aromatic carbocycles. The van der Waals surface area contributed by atoms with Crippen LogP contribution in [0, 0.1) is 0 Å². The minimum Gasteiger partial charge on any atom is -0.504 e. The Labute approximate surface area is 206 Å². The van der Waals surface area contributed by atoms with E-state index in [1.54, 1.807) is 21.3 Å². The molecule has 0 bridgehead atoms. The van der Waals surface area contributed by atoms with E-state index in [1.165, 1.54) is 12.3 Å². The standard InChI is InChI=1S/C26H33BNO7/c1-15(2)14-19(16-9-11-17(12-10-16)27-35-26(5,6)25(3,4)34)28-13-7-8-18-20(29)22(31)24(33)23(32)21(18)30/h7,9-14,29-34H,8H2,1-6H3/b13-7-,28-19?. The molecule has 0 spiro atoms. The van der Waals surface area contributed by atoms with Gasteiger partial charge < -0.3 is 35.3 Å². The zero-order valence-corrected chi connectivity index (χ0v) is 20.9. The predicted molar refractivity (Wildman–Crippen MR) is 137 cm³/mol. The third kappa shape index (κ3) is 6.80. The van der Waals surface area contributed by atoms with E-state index < -0.39 is 39.9 Å². The number of hydrogen-bond donors (Lipinski definition) is 6. The van der Waals surface area contributed by atoms with E-state index in [9.17, 15) is 30.6 Å². The molecular formula is C26H33BNO7. The van der Waals surface area contributed by atoms with Gasteiger partial charge in [-0.1, -0.05) is 41.4 Å². The third-order valence-corrected chi connectivity index (χ3v) is 5.70. The summed E-state index contributed by atoms with van der Waals surface area (Å²) >= 11 is 0. The van der Waals surface area contributed by atoms with Crippen LogP contribution in [0.2, 0.25) is 0 Å². The van der Waals surface area contributed by atoms with Gasteiger partial charge in [-0.3, -0.25) is 4.99 Å². The summed E-state index contributed by atoms with van der Waals surface area (Å²) in [6.45, 7) is 10.9. The van der Waals surface area contributed by atoms with Crippen LogP contribution in [-0.2, 0) is 11.1 Å². The van der Waals surface area contributed by atoms with Crippen LogP contribution in [0.25, 0.3) is 0 Å². The molecule has 9 heteroatoms. The molecule has 35 heavy (non-hydrogen) atoms. The van der Waals surface area contributed by atoms with Gasteiger partial charge in [-0.05, 0) is 54.0 Å². The molecule has 1 radical (unpaired) electrons. The number of phenols is 5. The molecule has 187 valence electrons. The zero-order chi connectivity index (χ0) is 26.6. The molecule has 2 aromatic rings. The molecule has 0 saturated heterocycles. The Balaban J connectivity index is 2.22. The van der Waals surface area contributed by atoms with Gasteiger partial charge >= 0.3 is 7.48 Å². The number of hydrogen-bond acceptors (Lipinski definition) is 8. The minimum atomic E-state index is -1.02. The second-order valence-corrected chi connectivity index (χ2v) is 9.47. The molecule has 2 rings (SSSR count). The molecule has 0 aromatic heterocycles. The van der Waals surface area contributed by atoms with Crippen LogP contribution in [-0.4, -0.2) is 55.0 Å². The first kappa shape index (κ1) is 27.8. The number of aromatic hydroxyl groups is 5. The molecule has 0 atom stereocenters. The zero-order valence-electron chi connectivity index (χ0n) is 20.9. The maximum atomic E-state index is 10.2. The van der Waals surface area contributed by atoms with Gasteiger partial charge in [0.15, 0.2) is 11.5 Å². The normalized spacial score (nSPS) is 12.7. The third-order valence-electron chi connectivity index (χ3n) is 5.70. The lowest BCUT2D eigenvalue weighted by Crippen LogP contribution is -2.49. The maximum absolute atomic E-state index is 10.2. The summed E-state index contributed by atoms with van der Waals surface area (Å²) in [4.78, 5) is 4.47. The fraction of sp³-hybridized carbons (Fsp3) is 0.346. The van der Waals surface area contributed by atoms with Gasteiger partial charge in [-0.15, -0.1) is 0 Å². The Morgan fingerprint density at radius 2 is 1.40 bits per heavy atom. The summed E-state index contributed by atoms with van der Waals surface area (Å²) in [6, 6.07) is 7.50. The van der Waals surface area contributed by atoms with E-state index in [1.807, 2.05) is 58.0 Å². The molecule has 0 aliphatic rings. The van der Waals surface area contributed by atoms with Crippen molar-refractivity contribution in [2.45, 2.75) is 59.2 Å². The second kappa shape index (κ2) is 10.9. The van der Waals surface area contributed by atoms with E-state index in [0.29, 0.717) is 5.71 Å². The molecule has 0 unspecified atom stereocenters. The fourth-order valence-corrected chi connectivity index (χ4v) is 2.79. The smallest absolute Gasteiger partial charge is 0.330 e. The average molecular weight is 482 g/mol. The number of rotatable bonds is 9. The highest BCUT2D eigenvalue weighted by Crippen LogP contribution is 2.50. The summed E-state index contributed by atoms with van der Waals surface area (Å²) in [7, 11) is 1.60. The molecule has 0 aliphatic carbocycles. The van der Waals surface area contributed by atoms with Crippen molar-refractivity contribution in [3.63, 3.8) is 0 Å². The Morgan fingerprint density at radius 3 is 1.89 bits per heavy atom. The molecule has 0 saturated carbocycles. The highest BCUT2D eigenvalue weighted by atomic mass is 16.5. The van der Waals surface area contributed by atoms with Gasteiger partial charge in [0, 0.05) is 17.3 Å². The number of nitrogens with zero attached hydrogens (tertiary/aromatic N) is 1. The number of benzene rings is 2. The van der Waals surface area contributed by atoms with Crippen molar-refractivity contribution >= 4 is 18.7 Å². The first-order chi connectivity index (χ1) is 16.2. The van der Waals surface area contributed by atoms with Crippen LogP contribution < -0.4 is 5.46 Å². The lowest BCUT2D eigenvalue weighted by molar-refractivity contribution is -0.0893. The minimum absolute atomic E-state index is 0.0626. The largest absolute Gasteiger partial charge is 0.504 e. The van der Waals surface area contributed by atoms with Crippen LogP contribution in [0.15, 0.2) is 53.2 Å². The van der Waals surface area contributed by atoms with Crippen molar-refractivity contribution in [2.24, 2.45) is 4.99 Å². The summed E-state index contributed by atoms with van der Waals surface area (Å²) in [5, 5.41) is 59.0. The van der Waals surface area contributed by atoms with Crippen LogP contribution in [0.4, 0.5) is 0 Å². The van der Waals surface area contributed by atoms with Gasteiger partial charge in [0.25, 0.3) is 0 Å². The molecular weight excluding hydrogens is 449 g/mol. The van der Waals surface area contributed by atoms with E-state index in [-0.39, 0.29) is 12.0 Å². The number of allylic oxidation sites excluding steroid dienone is 3. The SMILES string of the molecule is CC(C)=CC(=N/C=C\Cc1c(O)c(O)c(O)c(O)c1O)c1ccc([B]OC(C)(C)C(C)(C)O)cc1. The maximum Gasteiger partial charge on any atom is 0.330 e. The van der Waals surface area contributed by atoms with Gasteiger partial charge in [0.2, 0.25) is 17.2 Å². The summed E-state index contributed by atoms with van der Waals surface area (Å²) in [5.41, 5.74) is 1.38. The Hall–Kier alpha value is -3.43. The molecule has 0 aliphatic heterocycles. The van der Waals surface area contributed by atoms with Crippen molar-refractivity contribution in [3.8, 4) is 28.7 Å². The average Bonchev–Trinajstić information content (AvgIpc) is 2.78. The van der Waals surface area contributed by atoms with Crippen molar-refractivity contribution in [2.75, 3.05) is 0 Å². The highest BCUT2D eigenvalue weighted by Gasteiger charge is 2.35. The van der Waals surface area contributed by atoms with Crippen molar-refractivity contribution in [1.82, 2.24) is 0 Å². The summed E-state index contributed by atoms with van der Waals surface area (Å²) in [5.74, 6) is -4.27. The van der Waals surface area contributed by atoms with E-state index in [0.717, 1.165) is 16.6 Å². The van der Waals surface area contributed by atoms with Crippen LogP contribution in [0.1, 0.15) is 52.7 Å². The fourth-order valence-electron chi connectivity index (χ4n) is 2.79. The number of phenolic OH excluding ortho intramolecular Hbond substituents is 5. The van der Waals surface area contributed by atoms with Gasteiger partial charge in [0.1, 0.15) is 0 Å². The van der Waals surface area contributed by atoms with Crippen LogP contribution in [0.5, 0.6) is 28.7 Å². The number of aliphatic imine (C=N–C) groups is 1. The summed E-state index contributed by atoms with van der Waals surface area (Å²) in [6.07, 6.45) is 4.83. The second-order valence-electron chi connectivity index (χ2n) is 9.47. The van der Waals surface area contributed by atoms with Crippen LogP contribution >= 0.6 is 0 Å². The van der Waals surface area contributed by atoms with Crippen molar-refractivity contribution < 1.29 is 35.3 Å². The van der Waals surface area contributed by atoms with E-state index in [2.05, 4.69) is 4.99 Å². The Bertz CT molecular complexity index is 1110. The summed E-state index contributed by atoms with van der Waals surface area (Å²) < 4.78 is 5.79. The van der Waals surface area contributed by atoms with Crippen molar-refractivity contribution in [1.29, 1.82) is 0 Å². The van der Waals surface area contributed by atoms with Crippen LogP contribution in [0.3, 0.4) is 0 Å². The Kier molecular flexibility index (Phi) is 8.65. The van der Waals surface area contributed by atoms with Gasteiger partial charge in [-0.25, -0.2) is 0 Å². The molecule has 0 fully saturated rings. The molecule has 0 heterocycles. The molecule has 6 N–H and O–H groups in total. The van der Waals surface area contributed by atoms with E-state index >= 15 is 0 Å². The van der Waals surface area contributed by atoms with E-state index in [4.69, 9.17) is 4.65 Å². The predicted octanol–water partition coefficient (Wildman–Crippen LogP) is 3.54. The van der Waals surface area contributed by atoms with Gasteiger partial charge in [-0.2, -0.15) is 0 Å². The number of aliphatic hydroxyl groups is 1. The Morgan fingerprint density at radius 1 is 0.886 bits per heavy atom. The topological polar surface area (TPSA) is 143 Å². The molecule has 8 nitrogen and oxygen atoms in total. The lowest BCUT2D eigenvalue weighted by Gasteiger charge is -2.37. The monoisotopic (exact) mass is 482 g/mol. The lowest BCUT2D eigenvalue weighted by atomic mass is 9.82. The quantitative estimate of drug-likeness (QED) is 0.139. The molecule has 0 amide bonds. The first-order valence-electron chi connectivity index (χ1n) is 11.0. The first-order valence-corrected chi connectivity index (χ1v) is 11.0. The van der Waals surface area contributed by atoms with Gasteiger partial charge in [0.05, 0.1) is 16.9 Å². The van der Waals surface area contributed by atoms with Crippen molar-refractivity contribution in [3.05, 3.63) is 59.3 Å².